The first kappa shape index (κ1) is 18.6. The van der Waals surface area contributed by atoms with E-state index < -0.39 is 0 Å². The van der Waals surface area contributed by atoms with Crippen LogP contribution in [-0.4, -0.2) is 40.1 Å². The molecule has 1 aromatic heterocycles. The zero-order valence-corrected chi connectivity index (χ0v) is 16.6. The molecule has 2 fully saturated rings. The molecule has 0 radical (unpaired) electrons. The van der Waals surface area contributed by atoms with Crippen LogP contribution >= 0.6 is 11.3 Å². The van der Waals surface area contributed by atoms with E-state index in [4.69, 9.17) is 0 Å². The highest BCUT2D eigenvalue weighted by molar-refractivity contribution is 7.14. The van der Waals surface area contributed by atoms with Crippen molar-refractivity contribution in [2.75, 3.05) is 13.1 Å². The Hall–Kier alpha value is -1.79. The Balaban J connectivity index is 1.21. The molecule has 1 saturated heterocycles. The summed E-state index contributed by atoms with van der Waals surface area (Å²) in [4.78, 5) is 14.7. The first-order valence-corrected chi connectivity index (χ1v) is 11.0. The molecule has 0 unspecified atom stereocenters. The molecule has 2 aromatic rings. The Morgan fingerprint density at radius 1 is 1.07 bits per heavy atom. The highest BCUT2D eigenvalue weighted by atomic mass is 32.1. The average molecular weight is 385 g/mol. The van der Waals surface area contributed by atoms with Crippen LogP contribution in [0, 0.1) is 5.92 Å². The van der Waals surface area contributed by atoms with E-state index in [0.29, 0.717) is 12.0 Å². The lowest BCUT2D eigenvalue weighted by Gasteiger charge is -2.31. The van der Waals surface area contributed by atoms with Gasteiger partial charge in [-0.2, -0.15) is 0 Å². The van der Waals surface area contributed by atoms with Crippen molar-refractivity contribution < 1.29 is 4.79 Å². The minimum absolute atomic E-state index is 0.261. The molecule has 0 atom stereocenters. The molecular formula is C21H28N4OS. The molecular weight excluding hydrogens is 356 g/mol. The SMILES string of the molecule is O=C(CC1CCCC1)NC1CCN(Cc2nnc(-c3ccccc3)s2)CC1. The third-order valence-electron chi connectivity index (χ3n) is 5.75. The third kappa shape index (κ3) is 5.14. The van der Waals surface area contributed by atoms with Gasteiger partial charge in [0.25, 0.3) is 0 Å². The van der Waals surface area contributed by atoms with Crippen molar-refractivity contribution in [3.8, 4) is 10.6 Å². The maximum atomic E-state index is 12.2. The molecule has 1 saturated carbocycles. The van der Waals surface area contributed by atoms with Crippen LogP contribution in [0.4, 0.5) is 0 Å². The summed E-state index contributed by atoms with van der Waals surface area (Å²) in [6.45, 7) is 2.87. The molecule has 1 aliphatic carbocycles. The standard InChI is InChI=1S/C21H28N4OS/c26-19(14-16-6-4-5-7-16)22-18-10-12-25(13-11-18)15-20-23-24-21(27-20)17-8-2-1-3-9-17/h1-3,8-9,16,18H,4-7,10-15H2,(H,22,26). The third-order valence-corrected chi connectivity index (χ3v) is 6.71. The Morgan fingerprint density at radius 2 is 1.81 bits per heavy atom. The molecule has 0 bridgehead atoms. The van der Waals surface area contributed by atoms with Crippen molar-refractivity contribution in [3.63, 3.8) is 0 Å². The van der Waals surface area contributed by atoms with Crippen LogP contribution < -0.4 is 5.32 Å². The first-order valence-electron chi connectivity index (χ1n) is 10.2. The molecule has 0 spiro atoms. The van der Waals surface area contributed by atoms with Crippen molar-refractivity contribution in [2.45, 2.75) is 57.5 Å². The van der Waals surface area contributed by atoms with Gasteiger partial charge in [-0.15, -0.1) is 10.2 Å². The summed E-state index contributed by atoms with van der Waals surface area (Å²) >= 11 is 1.68. The van der Waals surface area contributed by atoms with E-state index in [-0.39, 0.29) is 5.91 Å². The highest BCUT2D eigenvalue weighted by Gasteiger charge is 2.24. The number of rotatable bonds is 6. The number of aromatic nitrogens is 2. The maximum absolute atomic E-state index is 12.2. The van der Waals surface area contributed by atoms with Crippen molar-refractivity contribution in [3.05, 3.63) is 35.3 Å². The van der Waals surface area contributed by atoms with Gasteiger partial charge in [0.15, 0.2) is 0 Å². The van der Waals surface area contributed by atoms with Crippen molar-refractivity contribution in [2.24, 2.45) is 5.92 Å². The molecule has 6 heteroatoms. The van der Waals surface area contributed by atoms with Crippen LogP contribution in [-0.2, 0) is 11.3 Å². The smallest absolute Gasteiger partial charge is 0.220 e. The Labute approximate surface area is 165 Å². The van der Waals surface area contributed by atoms with Gasteiger partial charge in [0, 0.05) is 31.1 Å². The van der Waals surface area contributed by atoms with Crippen LogP contribution in [0.1, 0.15) is 50.0 Å². The van der Waals surface area contributed by atoms with E-state index in [1.165, 1.54) is 25.7 Å². The lowest BCUT2D eigenvalue weighted by atomic mass is 10.0. The van der Waals surface area contributed by atoms with Crippen LogP contribution in [0.5, 0.6) is 0 Å². The molecule has 2 heterocycles. The lowest BCUT2D eigenvalue weighted by molar-refractivity contribution is -0.123. The van der Waals surface area contributed by atoms with E-state index >= 15 is 0 Å². The number of nitrogens with zero attached hydrogens (tertiary/aromatic N) is 3. The molecule has 4 rings (SSSR count). The second-order valence-corrected chi connectivity index (χ2v) is 8.90. The Morgan fingerprint density at radius 3 is 2.56 bits per heavy atom. The summed E-state index contributed by atoms with van der Waals surface area (Å²) < 4.78 is 0. The molecule has 27 heavy (non-hydrogen) atoms. The number of carbonyl (C=O) groups is 1. The van der Waals surface area contributed by atoms with E-state index in [0.717, 1.165) is 54.5 Å². The second kappa shape index (κ2) is 8.93. The van der Waals surface area contributed by atoms with E-state index in [9.17, 15) is 4.79 Å². The summed E-state index contributed by atoms with van der Waals surface area (Å²) in [5.74, 6) is 0.887. The van der Waals surface area contributed by atoms with Crippen molar-refractivity contribution in [1.29, 1.82) is 0 Å². The van der Waals surface area contributed by atoms with Crippen LogP contribution in [0.15, 0.2) is 30.3 Å². The fourth-order valence-electron chi connectivity index (χ4n) is 4.20. The first-order chi connectivity index (χ1) is 13.3. The number of likely N-dealkylation sites (tertiary alicyclic amines) is 1. The topological polar surface area (TPSA) is 58.1 Å². The van der Waals surface area contributed by atoms with Crippen LogP contribution in [0.25, 0.3) is 10.6 Å². The van der Waals surface area contributed by atoms with Gasteiger partial charge in [-0.1, -0.05) is 54.5 Å². The summed E-state index contributed by atoms with van der Waals surface area (Å²) in [7, 11) is 0. The van der Waals surface area contributed by atoms with Gasteiger partial charge in [0.1, 0.15) is 10.0 Å². The molecule has 1 amide bonds. The van der Waals surface area contributed by atoms with Crippen molar-refractivity contribution >= 4 is 17.2 Å². The molecule has 1 aromatic carbocycles. The number of piperidine rings is 1. The summed E-state index contributed by atoms with van der Waals surface area (Å²) in [6, 6.07) is 10.6. The number of amides is 1. The second-order valence-electron chi connectivity index (χ2n) is 7.84. The minimum Gasteiger partial charge on any atom is -0.353 e. The minimum atomic E-state index is 0.261. The van der Waals surface area contributed by atoms with Gasteiger partial charge >= 0.3 is 0 Å². The largest absolute Gasteiger partial charge is 0.353 e. The number of hydrogen-bond acceptors (Lipinski definition) is 5. The fraction of sp³-hybridized carbons (Fsp3) is 0.571. The van der Waals surface area contributed by atoms with Gasteiger partial charge in [-0.3, -0.25) is 9.69 Å². The lowest BCUT2D eigenvalue weighted by Crippen LogP contribution is -2.44. The maximum Gasteiger partial charge on any atom is 0.220 e. The van der Waals surface area contributed by atoms with Gasteiger partial charge < -0.3 is 5.32 Å². The van der Waals surface area contributed by atoms with E-state index in [1.807, 2.05) is 18.2 Å². The quantitative estimate of drug-likeness (QED) is 0.821. The van der Waals surface area contributed by atoms with E-state index in [1.54, 1.807) is 11.3 Å². The molecule has 2 aliphatic rings. The van der Waals surface area contributed by atoms with Gasteiger partial charge in [-0.05, 0) is 31.6 Å². The van der Waals surface area contributed by atoms with Gasteiger partial charge in [-0.25, -0.2) is 0 Å². The fourth-order valence-corrected chi connectivity index (χ4v) is 5.09. The highest BCUT2D eigenvalue weighted by Crippen LogP contribution is 2.28. The normalized spacial score (nSPS) is 19.4. The number of benzene rings is 1. The van der Waals surface area contributed by atoms with Crippen LogP contribution in [0.3, 0.4) is 0 Å². The zero-order valence-electron chi connectivity index (χ0n) is 15.8. The Bertz CT molecular complexity index is 734. The number of nitrogens with one attached hydrogen (secondary N) is 1. The predicted molar refractivity (Wildman–Crippen MR) is 108 cm³/mol. The van der Waals surface area contributed by atoms with Crippen molar-refractivity contribution in [1.82, 2.24) is 20.4 Å². The summed E-state index contributed by atoms with van der Waals surface area (Å²) in [5.41, 5.74) is 1.13. The van der Waals surface area contributed by atoms with E-state index in [2.05, 4.69) is 32.5 Å². The molecule has 1 aliphatic heterocycles. The summed E-state index contributed by atoms with van der Waals surface area (Å²) in [5, 5.41) is 14.0. The average Bonchev–Trinajstić information content (AvgIpc) is 3.36. The number of hydrogen-bond donors (Lipinski definition) is 1. The summed E-state index contributed by atoms with van der Waals surface area (Å²) in [6.07, 6.45) is 7.86. The zero-order chi connectivity index (χ0) is 18.5. The van der Waals surface area contributed by atoms with Gasteiger partial charge in [0.05, 0.1) is 6.54 Å². The predicted octanol–water partition coefficient (Wildman–Crippen LogP) is 3.87. The van der Waals surface area contributed by atoms with Gasteiger partial charge in [0.2, 0.25) is 5.91 Å². The number of carbonyl (C=O) groups excluding carboxylic acids is 1. The molecule has 1 N–H and O–H groups in total. The Kier molecular flexibility index (Phi) is 6.14. The molecule has 144 valence electrons. The molecule has 5 nitrogen and oxygen atoms in total. The van der Waals surface area contributed by atoms with Crippen LogP contribution in [0.2, 0.25) is 0 Å². The monoisotopic (exact) mass is 384 g/mol.